The number of hydrogen-bond donors (Lipinski definition) is 5. The fourth-order valence-electron chi connectivity index (χ4n) is 3.69. The van der Waals surface area contributed by atoms with Crippen molar-refractivity contribution in [2.75, 3.05) is 13.1 Å². The minimum atomic E-state index is -2.27. The van der Waals surface area contributed by atoms with Crippen molar-refractivity contribution in [3.8, 4) is 11.1 Å². The highest BCUT2D eigenvalue weighted by Crippen LogP contribution is 2.27. The Balaban J connectivity index is 0.000000328. The quantitative estimate of drug-likeness (QED) is 0.402. The molecule has 2 aromatic rings. The highest BCUT2D eigenvalue weighted by molar-refractivity contribution is 5.83. The maximum Gasteiger partial charge on any atom is 0.335 e. The Morgan fingerprint density at radius 3 is 2.09 bits per heavy atom. The molecular formula is C24H31FN2O6. The molecular weight excluding hydrogens is 431 g/mol. The van der Waals surface area contributed by atoms with Crippen molar-refractivity contribution < 1.29 is 34.4 Å². The number of hydrogen-bond acceptors (Lipinski definition) is 6. The van der Waals surface area contributed by atoms with Gasteiger partial charge in [-0.3, -0.25) is 4.90 Å². The van der Waals surface area contributed by atoms with Gasteiger partial charge in [0.15, 0.2) is 12.2 Å². The van der Waals surface area contributed by atoms with Crippen LogP contribution in [0.15, 0.2) is 48.5 Å². The molecule has 0 amide bonds. The van der Waals surface area contributed by atoms with Crippen molar-refractivity contribution in [3.63, 3.8) is 0 Å². The van der Waals surface area contributed by atoms with Crippen LogP contribution in [-0.4, -0.2) is 74.6 Å². The van der Waals surface area contributed by atoms with E-state index in [2.05, 4.69) is 48.3 Å². The van der Waals surface area contributed by atoms with E-state index < -0.39 is 24.1 Å². The predicted molar refractivity (Wildman–Crippen MR) is 121 cm³/mol. The summed E-state index contributed by atoms with van der Waals surface area (Å²) in [5.74, 6) is -3.73. The predicted octanol–water partition coefficient (Wildman–Crippen LogP) is 1.94. The minimum Gasteiger partial charge on any atom is -0.479 e. The van der Waals surface area contributed by atoms with Crippen LogP contribution in [0, 0.1) is 5.82 Å². The Kier molecular flexibility index (Phi) is 9.93. The molecule has 5 N–H and O–H groups in total. The first-order chi connectivity index (χ1) is 15.6. The topological polar surface area (TPSA) is 130 Å². The molecule has 9 heteroatoms. The molecule has 2 unspecified atom stereocenters. The second kappa shape index (κ2) is 12.4. The first-order valence-electron chi connectivity index (χ1n) is 10.7. The van der Waals surface area contributed by atoms with Gasteiger partial charge in [-0.05, 0) is 55.6 Å². The van der Waals surface area contributed by atoms with Crippen molar-refractivity contribution in [1.29, 1.82) is 0 Å². The summed E-state index contributed by atoms with van der Waals surface area (Å²) in [5, 5.41) is 36.0. The average molecular weight is 463 g/mol. The molecule has 1 fully saturated rings. The van der Waals surface area contributed by atoms with Gasteiger partial charge < -0.3 is 25.7 Å². The fourth-order valence-corrected chi connectivity index (χ4v) is 3.69. The number of aliphatic carboxylic acids is 2. The molecule has 1 aliphatic heterocycles. The highest BCUT2D eigenvalue weighted by atomic mass is 19.1. The summed E-state index contributed by atoms with van der Waals surface area (Å²) in [7, 11) is 0. The number of carboxylic acids is 2. The molecule has 8 nitrogen and oxygen atoms in total. The smallest absolute Gasteiger partial charge is 0.335 e. The maximum absolute atomic E-state index is 13.2. The van der Waals surface area contributed by atoms with Crippen LogP contribution >= 0.6 is 0 Å². The summed E-state index contributed by atoms with van der Waals surface area (Å²) in [5.41, 5.74) is 3.58. The van der Waals surface area contributed by atoms with Crippen molar-refractivity contribution in [3.05, 3.63) is 59.9 Å². The third-order valence-electron chi connectivity index (χ3n) is 5.50. The monoisotopic (exact) mass is 462 g/mol. The summed E-state index contributed by atoms with van der Waals surface area (Å²) in [6, 6.07) is 16.4. The largest absolute Gasteiger partial charge is 0.479 e. The van der Waals surface area contributed by atoms with Gasteiger partial charge in [-0.1, -0.05) is 36.4 Å². The zero-order valence-electron chi connectivity index (χ0n) is 18.7. The van der Waals surface area contributed by atoms with Crippen molar-refractivity contribution >= 4 is 11.9 Å². The number of nitrogens with zero attached hydrogens (tertiary/aromatic N) is 1. The first-order valence-corrected chi connectivity index (χ1v) is 10.7. The van der Waals surface area contributed by atoms with Gasteiger partial charge >= 0.3 is 11.9 Å². The molecule has 0 spiro atoms. The van der Waals surface area contributed by atoms with Crippen LogP contribution in [0.3, 0.4) is 0 Å². The average Bonchev–Trinajstić information content (AvgIpc) is 3.32. The van der Waals surface area contributed by atoms with Gasteiger partial charge in [0.2, 0.25) is 0 Å². The van der Waals surface area contributed by atoms with E-state index in [1.165, 1.54) is 29.7 Å². The van der Waals surface area contributed by atoms with E-state index in [1.54, 1.807) is 0 Å². The van der Waals surface area contributed by atoms with Gasteiger partial charge in [0.25, 0.3) is 0 Å². The van der Waals surface area contributed by atoms with Crippen LogP contribution in [0.4, 0.5) is 4.39 Å². The minimum absolute atomic E-state index is 0.188. The van der Waals surface area contributed by atoms with E-state index in [9.17, 15) is 14.0 Å². The third kappa shape index (κ3) is 7.61. The molecule has 3 atom stereocenters. The molecule has 2 aromatic carbocycles. The molecule has 1 aliphatic rings. The van der Waals surface area contributed by atoms with E-state index in [1.807, 2.05) is 12.1 Å². The van der Waals surface area contributed by atoms with Crippen LogP contribution < -0.4 is 5.32 Å². The third-order valence-corrected chi connectivity index (χ3v) is 5.50. The van der Waals surface area contributed by atoms with E-state index in [-0.39, 0.29) is 5.82 Å². The summed E-state index contributed by atoms with van der Waals surface area (Å²) < 4.78 is 13.2. The summed E-state index contributed by atoms with van der Waals surface area (Å²) >= 11 is 0. The highest BCUT2D eigenvalue weighted by Gasteiger charge is 2.29. The second-order valence-corrected chi connectivity index (χ2v) is 8.14. The Labute approximate surface area is 192 Å². The second-order valence-electron chi connectivity index (χ2n) is 8.14. The molecule has 0 aliphatic carbocycles. The number of nitrogens with one attached hydrogen (secondary N) is 1. The number of halogens is 1. The van der Waals surface area contributed by atoms with Crippen molar-refractivity contribution in [1.82, 2.24) is 10.2 Å². The summed E-state index contributed by atoms with van der Waals surface area (Å²) in [4.78, 5) is 22.1. The number of carbonyl (C=O) groups is 2. The van der Waals surface area contributed by atoms with Gasteiger partial charge in [0, 0.05) is 25.2 Å². The lowest BCUT2D eigenvalue weighted by atomic mass is 9.98. The van der Waals surface area contributed by atoms with Gasteiger partial charge in [-0.15, -0.1) is 0 Å². The molecule has 0 aromatic heterocycles. The summed E-state index contributed by atoms with van der Waals surface area (Å²) in [6.45, 7) is 7.62. The number of rotatable bonds is 8. The zero-order valence-corrected chi connectivity index (χ0v) is 18.7. The standard InChI is InChI=1S/C20H25FN2.C4H6O6/c1-15(2)23(19-11-12-22-13-19)14-17-5-3-4-6-20(17)16-7-9-18(21)10-8-16;5-1(3(7)8)2(6)4(9)10/h3-10,15,19,22H,11-14H2,1-2H3;1-2,5-6H,(H,7,8)(H,9,10)/t19-;/m0./s1. The Bertz CT molecular complexity index is 897. The lowest BCUT2D eigenvalue weighted by Gasteiger charge is -2.33. The van der Waals surface area contributed by atoms with E-state index >= 15 is 0 Å². The molecule has 3 rings (SSSR count). The van der Waals surface area contributed by atoms with Crippen LogP contribution in [0.2, 0.25) is 0 Å². The lowest BCUT2D eigenvalue weighted by molar-refractivity contribution is -0.165. The molecule has 0 bridgehead atoms. The van der Waals surface area contributed by atoms with Crippen LogP contribution in [0.5, 0.6) is 0 Å². The number of aliphatic hydroxyl groups is 2. The Morgan fingerprint density at radius 2 is 1.61 bits per heavy atom. The van der Waals surface area contributed by atoms with Crippen LogP contribution in [-0.2, 0) is 16.1 Å². The van der Waals surface area contributed by atoms with Gasteiger partial charge in [-0.25, -0.2) is 14.0 Å². The Hall–Kier alpha value is -2.85. The fraction of sp³-hybridized carbons (Fsp3) is 0.417. The number of aliphatic hydroxyl groups excluding tert-OH is 2. The molecule has 1 saturated heterocycles. The SMILES string of the molecule is CC(C)N(Cc1ccccc1-c1ccc(F)cc1)[C@H]1CCNC1.O=C(O)C(O)C(O)C(=O)O. The summed E-state index contributed by atoms with van der Waals surface area (Å²) in [6.07, 6.45) is -3.33. The molecule has 180 valence electrons. The number of carboxylic acid groups (broad SMARTS) is 2. The van der Waals surface area contributed by atoms with Crippen LogP contribution in [0.1, 0.15) is 25.8 Å². The normalized spacial score (nSPS) is 17.4. The molecule has 0 saturated carbocycles. The first kappa shape index (κ1) is 26.4. The van der Waals surface area contributed by atoms with Crippen molar-refractivity contribution in [2.24, 2.45) is 0 Å². The zero-order chi connectivity index (χ0) is 24.5. The number of benzene rings is 2. The van der Waals surface area contributed by atoms with Crippen LogP contribution in [0.25, 0.3) is 11.1 Å². The van der Waals surface area contributed by atoms with Gasteiger partial charge in [-0.2, -0.15) is 0 Å². The van der Waals surface area contributed by atoms with Gasteiger partial charge in [0.1, 0.15) is 5.82 Å². The van der Waals surface area contributed by atoms with E-state index in [0.717, 1.165) is 25.2 Å². The van der Waals surface area contributed by atoms with E-state index in [0.29, 0.717) is 12.1 Å². The molecule has 0 radical (unpaired) electrons. The van der Waals surface area contributed by atoms with E-state index in [4.69, 9.17) is 20.4 Å². The molecule has 1 heterocycles. The molecule has 33 heavy (non-hydrogen) atoms. The Morgan fingerprint density at radius 1 is 1.03 bits per heavy atom. The van der Waals surface area contributed by atoms with Crippen molar-refractivity contribution in [2.45, 2.75) is 51.1 Å². The maximum atomic E-state index is 13.2. The van der Waals surface area contributed by atoms with Gasteiger partial charge in [0.05, 0.1) is 0 Å². The lowest BCUT2D eigenvalue weighted by Crippen LogP contribution is -2.41.